The Morgan fingerprint density at radius 1 is 1.03 bits per heavy atom. The number of nitrogens with zero attached hydrogens (tertiary/aromatic N) is 1. The van der Waals surface area contributed by atoms with Crippen molar-refractivity contribution < 1.29 is 24.3 Å². The van der Waals surface area contributed by atoms with Crippen LogP contribution >= 0.6 is 0 Å². The van der Waals surface area contributed by atoms with Gasteiger partial charge in [0.15, 0.2) is 0 Å². The molecule has 0 bridgehead atoms. The molecule has 1 aromatic rings. The molecule has 0 fully saturated rings. The largest absolute Gasteiger partial charge is 0.480 e. The summed E-state index contributed by atoms with van der Waals surface area (Å²) in [6, 6.07) is -3.89. The highest BCUT2D eigenvalue weighted by molar-refractivity contribution is 5.94. The average molecular weight is 496 g/mol. The number of unbranched alkanes of at least 4 members (excludes halogenated alkanes) is 1. The maximum atomic E-state index is 13.1. The van der Waals surface area contributed by atoms with Gasteiger partial charge in [-0.1, -0.05) is 34.1 Å². The highest BCUT2D eigenvalue weighted by Gasteiger charge is 2.33. The third-order valence-electron chi connectivity index (χ3n) is 5.93. The van der Waals surface area contributed by atoms with Gasteiger partial charge in [0.05, 0.1) is 12.4 Å². The molecular formula is C23H41N7O5. The number of carbonyl (C=O) groups is 4. The minimum absolute atomic E-state index is 0.219. The number of rotatable bonds is 16. The van der Waals surface area contributed by atoms with Gasteiger partial charge in [-0.2, -0.15) is 0 Å². The molecule has 0 aliphatic carbocycles. The summed E-state index contributed by atoms with van der Waals surface area (Å²) >= 11 is 0. The van der Waals surface area contributed by atoms with Crippen LogP contribution in [0.3, 0.4) is 0 Å². The molecule has 0 spiro atoms. The van der Waals surface area contributed by atoms with Gasteiger partial charge in [0.2, 0.25) is 17.7 Å². The zero-order chi connectivity index (χ0) is 26.5. The van der Waals surface area contributed by atoms with Crippen LogP contribution in [0.1, 0.15) is 59.1 Å². The number of aromatic nitrogens is 2. The lowest BCUT2D eigenvalue weighted by atomic mass is 9.95. The topological polar surface area (TPSA) is 205 Å². The summed E-state index contributed by atoms with van der Waals surface area (Å²) in [5.41, 5.74) is 12.1. The van der Waals surface area contributed by atoms with Crippen LogP contribution in [0.2, 0.25) is 0 Å². The van der Waals surface area contributed by atoms with Crippen LogP contribution in [-0.2, 0) is 25.6 Å². The quantitative estimate of drug-likeness (QED) is 0.150. The first kappa shape index (κ1) is 30.0. The first-order valence-corrected chi connectivity index (χ1v) is 12.1. The summed E-state index contributed by atoms with van der Waals surface area (Å²) in [5, 5.41) is 17.4. The lowest BCUT2D eigenvalue weighted by molar-refractivity contribution is -0.143. The Morgan fingerprint density at radius 2 is 1.66 bits per heavy atom. The third kappa shape index (κ3) is 10.0. The molecule has 12 heteroatoms. The van der Waals surface area contributed by atoms with Gasteiger partial charge < -0.3 is 37.5 Å². The highest BCUT2D eigenvalue weighted by Crippen LogP contribution is 2.12. The number of H-pyrrole nitrogens is 1. The summed E-state index contributed by atoms with van der Waals surface area (Å²) in [4.78, 5) is 57.1. The van der Waals surface area contributed by atoms with Crippen LogP contribution in [0.25, 0.3) is 0 Å². The number of nitrogens with two attached hydrogens (primary N) is 2. The van der Waals surface area contributed by atoms with Gasteiger partial charge in [-0.25, -0.2) is 9.78 Å². The van der Waals surface area contributed by atoms with Gasteiger partial charge in [-0.3, -0.25) is 14.4 Å². The fourth-order valence-electron chi connectivity index (χ4n) is 3.48. The molecule has 1 aromatic heterocycles. The Bertz CT molecular complexity index is 815. The Labute approximate surface area is 206 Å². The molecule has 12 nitrogen and oxygen atoms in total. The number of hydrogen-bond acceptors (Lipinski definition) is 7. The van der Waals surface area contributed by atoms with Gasteiger partial charge in [0, 0.05) is 18.3 Å². The van der Waals surface area contributed by atoms with E-state index in [0.29, 0.717) is 31.5 Å². The number of aromatic amines is 1. The van der Waals surface area contributed by atoms with Crippen molar-refractivity contribution in [2.45, 2.75) is 84.0 Å². The zero-order valence-electron chi connectivity index (χ0n) is 21.0. The minimum atomic E-state index is -1.15. The smallest absolute Gasteiger partial charge is 0.326 e. The molecule has 35 heavy (non-hydrogen) atoms. The van der Waals surface area contributed by atoms with Crippen LogP contribution in [0.15, 0.2) is 12.5 Å². The third-order valence-corrected chi connectivity index (χ3v) is 5.93. The zero-order valence-corrected chi connectivity index (χ0v) is 21.0. The van der Waals surface area contributed by atoms with E-state index in [-0.39, 0.29) is 24.7 Å². The van der Waals surface area contributed by atoms with Crippen LogP contribution < -0.4 is 27.4 Å². The maximum absolute atomic E-state index is 13.1. The van der Waals surface area contributed by atoms with Gasteiger partial charge in [-0.15, -0.1) is 0 Å². The van der Waals surface area contributed by atoms with E-state index >= 15 is 0 Å². The van der Waals surface area contributed by atoms with Crippen molar-refractivity contribution in [1.29, 1.82) is 0 Å². The molecule has 198 valence electrons. The first-order valence-electron chi connectivity index (χ1n) is 12.1. The highest BCUT2D eigenvalue weighted by atomic mass is 16.4. The lowest BCUT2D eigenvalue weighted by Crippen LogP contribution is -2.59. The molecule has 0 aliphatic rings. The van der Waals surface area contributed by atoms with E-state index in [1.165, 1.54) is 6.33 Å². The summed E-state index contributed by atoms with van der Waals surface area (Å²) in [6.45, 7) is 7.61. The number of aliphatic carboxylic acids is 1. The van der Waals surface area contributed by atoms with Crippen LogP contribution in [-0.4, -0.2) is 69.5 Å². The molecule has 0 radical (unpaired) electrons. The molecule has 5 unspecified atom stereocenters. The molecule has 0 saturated heterocycles. The Hall–Kier alpha value is -2.99. The second kappa shape index (κ2) is 15.1. The Morgan fingerprint density at radius 3 is 2.17 bits per heavy atom. The summed E-state index contributed by atoms with van der Waals surface area (Å²) in [5.74, 6) is -3.35. The standard InChI is InChI=1S/C23H41N7O5/c1-5-14(4)19(22(33)28-17(23(34)35)8-6-7-9-24)30-21(32)18(13(2)3)29-20(31)16(25)10-15-11-26-12-27-15/h11-14,16-19H,5-10,24-25H2,1-4H3,(H,26,27)(H,28,33)(H,29,31)(H,30,32)(H,34,35). The number of carboxylic acids is 1. The fraction of sp³-hybridized carbons (Fsp3) is 0.696. The van der Waals surface area contributed by atoms with E-state index in [9.17, 15) is 24.3 Å². The Balaban J connectivity index is 2.90. The van der Waals surface area contributed by atoms with Gasteiger partial charge >= 0.3 is 5.97 Å². The van der Waals surface area contributed by atoms with Crippen molar-refractivity contribution in [3.63, 3.8) is 0 Å². The van der Waals surface area contributed by atoms with E-state index in [4.69, 9.17) is 11.5 Å². The number of carboxylic acid groups (broad SMARTS) is 1. The van der Waals surface area contributed by atoms with Crippen molar-refractivity contribution in [2.24, 2.45) is 23.3 Å². The molecule has 0 aromatic carbocycles. The molecule has 0 aliphatic heterocycles. The molecular weight excluding hydrogens is 454 g/mol. The summed E-state index contributed by atoms with van der Waals surface area (Å²) in [7, 11) is 0. The molecule has 1 heterocycles. The molecule has 0 saturated carbocycles. The van der Waals surface area contributed by atoms with E-state index in [1.807, 2.05) is 6.92 Å². The van der Waals surface area contributed by atoms with Crippen molar-refractivity contribution in [1.82, 2.24) is 25.9 Å². The predicted octanol–water partition coefficient (Wildman–Crippen LogP) is -0.350. The first-order chi connectivity index (χ1) is 16.5. The molecule has 1 rings (SSSR count). The van der Waals surface area contributed by atoms with Crippen molar-refractivity contribution >= 4 is 23.7 Å². The van der Waals surface area contributed by atoms with Crippen LogP contribution in [0.4, 0.5) is 0 Å². The monoisotopic (exact) mass is 495 g/mol. The van der Waals surface area contributed by atoms with E-state index in [1.54, 1.807) is 27.0 Å². The van der Waals surface area contributed by atoms with Crippen LogP contribution in [0, 0.1) is 11.8 Å². The van der Waals surface area contributed by atoms with Gasteiger partial charge in [0.1, 0.15) is 18.1 Å². The average Bonchev–Trinajstić information content (AvgIpc) is 3.32. The minimum Gasteiger partial charge on any atom is -0.480 e. The molecule has 9 N–H and O–H groups in total. The number of amides is 3. The second-order valence-electron chi connectivity index (χ2n) is 9.17. The van der Waals surface area contributed by atoms with Crippen molar-refractivity contribution in [2.75, 3.05) is 6.54 Å². The Kier molecular flexibility index (Phi) is 13.0. The fourth-order valence-corrected chi connectivity index (χ4v) is 3.48. The predicted molar refractivity (Wildman–Crippen MR) is 131 cm³/mol. The maximum Gasteiger partial charge on any atom is 0.326 e. The molecule has 3 amide bonds. The van der Waals surface area contributed by atoms with E-state index in [0.717, 1.165) is 0 Å². The summed E-state index contributed by atoms with van der Waals surface area (Å²) < 4.78 is 0. The van der Waals surface area contributed by atoms with Gasteiger partial charge in [0.25, 0.3) is 0 Å². The van der Waals surface area contributed by atoms with E-state index in [2.05, 4.69) is 25.9 Å². The number of carbonyl (C=O) groups excluding carboxylic acids is 3. The number of imidazole rings is 1. The SMILES string of the molecule is CCC(C)C(NC(=O)C(NC(=O)C(N)Cc1cnc[nH]1)C(C)C)C(=O)NC(CCCCN)C(=O)O. The lowest BCUT2D eigenvalue weighted by Gasteiger charge is -2.29. The van der Waals surface area contributed by atoms with Gasteiger partial charge in [-0.05, 0) is 37.6 Å². The molecule has 5 atom stereocenters. The summed E-state index contributed by atoms with van der Waals surface area (Å²) in [6.07, 6.45) is 5.26. The van der Waals surface area contributed by atoms with Crippen LogP contribution in [0.5, 0.6) is 0 Å². The normalized spacial score (nSPS) is 15.5. The van der Waals surface area contributed by atoms with Crippen molar-refractivity contribution in [3.05, 3.63) is 18.2 Å². The number of nitrogens with one attached hydrogen (secondary N) is 4. The van der Waals surface area contributed by atoms with E-state index < -0.39 is 47.9 Å². The number of hydrogen-bond donors (Lipinski definition) is 7. The van der Waals surface area contributed by atoms with Crippen molar-refractivity contribution in [3.8, 4) is 0 Å². The second-order valence-corrected chi connectivity index (χ2v) is 9.17.